The van der Waals surface area contributed by atoms with Crippen LogP contribution in [0, 0.1) is 0 Å². The number of anilines is 1. The summed E-state index contributed by atoms with van der Waals surface area (Å²) in [5, 5.41) is 5.11. The van der Waals surface area contributed by atoms with Crippen molar-refractivity contribution in [1.29, 1.82) is 0 Å². The SMILES string of the molecule is C[C@H](NC(=O)C(S)c1ccccc1)C(=O)N[C@@H]1CN(C)c2ccccc2C(c2ccccc2)=N1. The zero-order chi connectivity index (χ0) is 24.1. The van der Waals surface area contributed by atoms with Crippen LogP contribution in [0.5, 0.6) is 0 Å². The standard InChI is InChI=1S/C27H28N4O2S/c1-18(28-27(33)25(34)20-13-7-4-8-14-20)26(32)30-23-17-31(2)22-16-10-9-15-21(22)24(29-23)19-11-5-3-6-12-19/h3-16,18,23,25,34H,17H2,1-2H3,(H,28,33)(H,30,32)/t18-,23+,25?/m0/s1. The minimum atomic E-state index is -0.739. The average Bonchev–Trinajstić information content (AvgIpc) is 3.00. The zero-order valence-corrected chi connectivity index (χ0v) is 20.1. The van der Waals surface area contributed by atoms with Crippen molar-refractivity contribution in [2.45, 2.75) is 24.4 Å². The Bertz CT molecular complexity index is 1180. The molecule has 0 aromatic heterocycles. The molecule has 2 N–H and O–H groups in total. The highest BCUT2D eigenvalue weighted by Gasteiger charge is 2.26. The van der Waals surface area contributed by atoms with Gasteiger partial charge in [0.2, 0.25) is 11.8 Å². The summed E-state index contributed by atoms with van der Waals surface area (Å²) >= 11 is 4.42. The minimum Gasteiger partial charge on any atom is -0.370 e. The Balaban J connectivity index is 1.51. The number of amides is 2. The van der Waals surface area contributed by atoms with Gasteiger partial charge in [-0.05, 0) is 18.6 Å². The van der Waals surface area contributed by atoms with Crippen LogP contribution >= 0.6 is 12.6 Å². The normalized spacial score (nSPS) is 17.0. The molecule has 0 saturated carbocycles. The smallest absolute Gasteiger partial charge is 0.243 e. The van der Waals surface area contributed by atoms with Gasteiger partial charge in [0.1, 0.15) is 17.5 Å². The largest absolute Gasteiger partial charge is 0.370 e. The number of nitrogens with zero attached hydrogens (tertiary/aromatic N) is 2. The number of carbonyl (C=O) groups excluding carboxylic acids is 2. The number of para-hydroxylation sites is 1. The first-order valence-electron chi connectivity index (χ1n) is 11.2. The second kappa shape index (κ2) is 10.6. The van der Waals surface area contributed by atoms with Crippen molar-refractivity contribution < 1.29 is 9.59 Å². The quantitative estimate of drug-likeness (QED) is 0.480. The number of aliphatic imine (C=N–C) groups is 1. The maximum atomic E-state index is 13.0. The number of benzodiazepines with no additional fused rings is 1. The summed E-state index contributed by atoms with van der Waals surface area (Å²) in [6.45, 7) is 2.16. The van der Waals surface area contributed by atoms with Crippen LogP contribution in [0.4, 0.5) is 5.69 Å². The van der Waals surface area contributed by atoms with Crippen LogP contribution in [-0.2, 0) is 9.59 Å². The van der Waals surface area contributed by atoms with Crippen LogP contribution in [0.2, 0.25) is 0 Å². The molecule has 2 amide bonds. The summed E-state index contributed by atoms with van der Waals surface area (Å²) in [6, 6.07) is 26.5. The molecule has 3 aromatic rings. The number of hydrogen-bond acceptors (Lipinski definition) is 5. The van der Waals surface area contributed by atoms with Crippen LogP contribution in [0.3, 0.4) is 0 Å². The number of fused-ring (bicyclic) bond motifs is 1. The van der Waals surface area contributed by atoms with Gasteiger partial charge in [0.15, 0.2) is 0 Å². The van der Waals surface area contributed by atoms with E-state index in [1.54, 1.807) is 6.92 Å². The van der Waals surface area contributed by atoms with Gasteiger partial charge in [0, 0.05) is 23.9 Å². The van der Waals surface area contributed by atoms with E-state index in [4.69, 9.17) is 4.99 Å². The maximum Gasteiger partial charge on any atom is 0.243 e. The molecule has 0 spiro atoms. The Morgan fingerprint density at radius 3 is 2.26 bits per heavy atom. The first-order valence-corrected chi connectivity index (χ1v) is 11.7. The maximum absolute atomic E-state index is 13.0. The molecular formula is C27H28N4O2S. The van der Waals surface area contributed by atoms with E-state index >= 15 is 0 Å². The third kappa shape index (κ3) is 5.31. The molecule has 4 rings (SSSR count). The van der Waals surface area contributed by atoms with Crippen molar-refractivity contribution in [3.05, 3.63) is 102 Å². The predicted molar refractivity (Wildman–Crippen MR) is 139 cm³/mol. The van der Waals surface area contributed by atoms with Crippen LogP contribution in [-0.4, -0.2) is 43.3 Å². The zero-order valence-electron chi connectivity index (χ0n) is 19.2. The minimum absolute atomic E-state index is 0.303. The summed E-state index contributed by atoms with van der Waals surface area (Å²) in [7, 11) is 1.98. The van der Waals surface area contributed by atoms with Crippen LogP contribution in [0.15, 0.2) is 89.9 Å². The van der Waals surface area contributed by atoms with Crippen molar-refractivity contribution in [3.63, 3.8) is 0 Å². The van der Waals surface area contributed by atoms with Gasteiger partial charge in [0.25, 0.3) is 0 Å². The van der Waals surface area contributed by atoms with E-state index in [1.807, 2.05) is 85.9 Å². The number of rotatable bonds is 6. The molecule has 34 heavy (non-hydrogen) atoms. The number of thiol groups is 1. The van der Waals surface area contributed by atoms with Gasteiger partial charge in [-0.25, -0.2) is 0 Å². The van der Waals surface area contributed by atoms with Gasteiger partial charge in [-0.2, -0.15) is 12.6 Å². The lowest BCUT2D eigenvalue weighted by Gasteiger charge is -2.24. The Kier molecular flexibility index (Phi) is 7.33. The van der Waals surface area contributed by atoms with E-state index in [2.05, 4.69) is 34.2 Å². The topological polar surface area (TPSA) is 73.8 Å². The van der Waals surface area contributed by atoms with E-state index in [0.717, 1.165) is 28.1 Å². The van der Waals surface area contributed by atoms with E-state index in [9.17, 15) is 9.59 Å². The molecule has 3 atom stereocenters. The Morgan fingerprint density at radius 1 is 0.941 bits per heavy atom. The first kappa shape index (κ1) is 23.6. The second-order valence-electron chi connectivity index (χ2n) is 8.31. The first-order chi connectivity index (χ1) is 16.4. The summed E-state index contributed by atoms with van der Waals surface area (Å²) < 4.78 is 0. The summed E-state index contributed by atoms with van der Waals surface area (Å²) in [5.74, 6) is -0.626. The third-order valence-corrected chi connectivity index (χ3v) is 6.31. The van der Waals surface area contributed by atoms with Gasteiger partial charge in [0.05, 0.1) is 12.3 Å². The molecule has 174 valence electrons. The fourth-order valence-electron chi connectivity index (χ4n) is 3.97. The molecule has 6 nitrogen and oxygen atoms in total. The predicted octanol–water partition coefficient (Wildman–Crippen LogP) is 3.59. The highest BCUT2D eigenvalue weighted by atomic mass is 32.1. The summed E-state index contributed by atoms with van der Waals surface area (Å²) in [5.41, 5.74) is 4.63. The van der Waals surface area contributed by atoms with Gasteiger partial charge in [-0.1, -0.05) is 78.9 Å². The van der Waals surface area contributed by atoms with E-state index < -0.39 is 17.5 Å². The van der Waals surface area contributed by atoms with Crippen molar-refractivity contribution in [2.75, 3.05) is 18.5 Å². The fourth-order valence-corrected chi connectivity index (χ4v) is 4.22. The fraction of sp³-hybridized carbons (Fsp3) is 0.222. The van der Waals surface area contributed by atoms with Gasteiger partial charge < -0.3 is 15.5 Å². The van der Waals surface area contributed by atoms with Crippen molar-refractivity contribution in [3.8, 4) is 0 Å². The second-order valence-corrected chi connectivity index (χ2v) is 8.83. The Hall–Kier alpha value is -3.58. The molecule has 1 aliphatic rings. The number of hydrogen-bond donors (Lipinski definition) is 3. The summed E-state index contributed by atoms with van der Waals surface area (Å²) in [6.07, 6.45) is -0.486. The van der Waals surface area contributed by atoms with E-state index in [-0.39, 0.29) is 11.8 Å². The van der Waals surface area contributed by atoms with Gasteiger partial charge >= 0.3 is 0 Å². The lowest BCUT2D eigenvalue weighted by molar-refractivity contribution is -0.128. The van der Waals surface area contributed by atoms with Crippen molar-refractivity contribution >= 4 is 35.8 Å². The Labute approximate surface area is 205 Å². The molecular weight excluding hydrogens is 444 g/mol. The molecule has 1 unspecified atom stereocenters. The van der Waals surface area contributed by atoms with E-state index in [1.165, 1.54) is 0 Å². The molecule has 0 bridgehead atoms. The monoisotopic (exact) mass is 472 g/mol. The Morgan fingerprint density at radius 2 is 1.56 bits per heavy atom. The third-order valence-electron chi connectivity index (χ3n) is 5.77. The van der Waals surface area contributed by atoms with Gasteiger partial charge in [-0.15, -0.1) is 0 Å². The highest BCUT2D eigenvalue weighted by molar-refractivity contribution is 7.81. The number of likely N-dealkylation sites (N-methyl/N-ethyl adjacent to an activating group) is 1. The highest BCUT2D eigenvalue weighted by Crippen LogP contribution is 2.26. The van der Waals surface area contributed by atoms with Gasteiger partial charge in [-0.3, -0.25) is 14.6 Å². The van der Waals surface area contributed by atoms with Crippen LogP contribution in [0.25, 0.3) is 0 Å². The molecule has 1 aliphatic heterocycles. The van der Waals surface area contributed by atoms with Crippen LogP contribution in [0.1, 0.15) is 28.9 Å². The molecule has 0 saturated heterocycles. The molecule has 7 heteroatoms. The number of carbonyl (C=O) groups is 2. The lowest BCUT2D eigenvalue weighted by atomic mass is 10.0. The average molecular weight is 473 g/mol. The molecule has 0 aliphatic carbocycles. The van der Waals surface area contributed by atoms with Crippen molar-refractivity contribution in [2.24, 2.45) is 4.99 Å². The summed E-state index contributed by atoms with van der Waals surface area (Å²) in [4.78, 5) is 32.7. The molecule has 0 radical (unpaired) electrons. The molecule has 1 heterocycles. The molecule has 0 fully saturated rings. The molecule has 3 aromatic carbocycles. The number of benzene rings is 3. The van der Waals surface area contributed by atoms with Crippen LogP contribution < -0.4 is 15.5 Å². The lowest BCUT2D eigenvalue weighted by Crippen LogP contribution is -2.50. The van der Waals surface area contributed by atoms with E-state index in [0.29, 0.717) is 6.54 Å². The van der Waals surface area contributed by atoms with Crippen molar-refractivity contribution in [1.82, 2.24) is 10.6 Å². The number of nitrogens with one attached hydrogen (secondary N) is 2.